The van der Waals surface area contributed by atoms with Crippen LogP contribution in [-0.4, -0.2) is 17.1 Å². The highest BCUT2D eigenvalue weighted by Gasteiger charge is 2.16. The molecule has 0 bridgehead atoms. The first-order chi connectivity index (χ1) is 6.56. The molecule has 14 heavy (non-hydrogen) atoms. The predicted octanol–water partition coefficient (Wildman–Crippen LogP) is 3.14. The van der Waals surface area contributed by atoms with E-state index in [2.05, 4.69) is 15.9 Å². The number of phenolic OH excluding ortho intramolecular Hbond substituents is 1. The van der Waals surface area contributed by atoms with Gasteiger partial charge in [-0.05, 0) is 31.4 Å². The third-order valence-corrected chi connectivity index (χ3v) is 3.73. The molecule has 0 heterocycles. The monoisotopic (exact) mass is 274 g/mol. The lowest BCUT2D eigenvalue weighted by atomic mass is 10.1. The summed E-state index contributed by atoms with van der Waals surface area (Å²) >= 11 is 4.82. The molecule has 1 aromatic rings. The number of phenols is 1. The molecule has 0 radical (unpaired) electrons. The van der Waals surface area contributed by atoms with Gasteiger partial charge < -0.3 is 5.11 Å². The van der Waals surface area contributed by atoms with E-state index in [1.165, 1.54) is 6.92 Å². The van der Waals surface area contributed by atoms with E-state index in [9.17, 15) is 9.90 Å². The highest BCUT2D eigenvalue weighted by Crippen LogP contribution is 2.33. The quantitative estimate of drug-likeness (QED) is 0.680. The Balaban J connectivity index is 3.11. The molecule has 1 atom stereocenters. The first-order valence-electron chi connectivity index (χ1n) is 4.07. The Morgan fingerprint density at radius 3 is 2.71 bits per heavy atom. The molecule has 0 saturated carbocycles. The molecule has 1 aromatic carbocycles. The van der Waals surface area contributed by atoms with Crippen LogP contribution >= 0.6 is 27.7 Å². The number of ketones is 1. The third-order valence-electron chi connectivity index (χ3n) is 1.86. The molecule has 1 unspecified atom stereocenters. The number of Topliss-reactive ketones (excluding diaryl/α,β-unsaturated/α-hetero) is 1. The normalized spacial score (nSPS) is 12.5. The summed E-state index contributed by atoms with van der Waals surface area (Å²) in [6.45, 7) is 1.49. The minimum Gasteiger partial charge on any atom is -0.508 e. The average Bonchev–Trinajstić information content (AvgIpc) is 2.17. The molecule has 0 aliphatic rings. The molecule has 0 aliphatic heterocycles. The van der Waals surface area contributed by atoms with Gasteiger partial charge in [-0.15, -0.1) is 11.8 Å². The molecule has 0 saturated heterocycles. The van der Waals surface area contributed by atoms with Gasteiger partial charge in [0.1, 0.15) is 16.4 Å². The highest BCUT2D eigenvalue weighted by molar-refractivity contribution is 9.09. The number of aromatic hydroxyl groups is 1. The van der Waals surface area contributed by atoms with Crippen molar-refractivity contribution in [3.63, 3.8) is 0 Å². The van der Waals surface area contributed by atoms with E-state index in [1.54, 1.807) is 17.8 Å². The van der Waals surface area contributed by atoms with Crippen molar-refractivity contribution < 1.29 is 9.90 Å². The summed E-state index contributed by atoms with van der Waals surface area (Å²) in [5.74, 6) is 0.137. The second kappa shape index (κ2) is 4.84. The minimum absolute atomic E-state index is 0.0152. The molecule has 0 amide bonds. The number of hydrogen-bond donors (Lipinski definition) is 1. The Labute approximate surface area is 95.8 Å². The van der Waals surface area contributed by atoms with E-state index < -0.39 is 4.83 Å². The second-order valence-electron chi connectivity index (χ2n) is 2.90. The molecule has 76 valence electrons. The van der Waals surface area contributed by atoms with E-state index in [-0.39, 0.29) is 11.5 Å². The zero-order valence-corrected chi connectivity index (χ0v) is 10.4. The zero-order chi connectivity index (χ0) is 10.7. The number of alkyl halides is 1. The van der Waals surface area contributed by atoms with Gasteiger partial charge in [0.05, 0.1) is 0 Å². The molecular formula is C10H11BrO2S. The molecule has 0 aromatic heterocycles. The lowest BCUT2D eigenvalue weighted by Gasteiger charge is -2.09. The predicted molar refractivity (Wildman–Crippen MR) is 62.2 cm³/mol. The van der Waals surface area contributed by atoms with Crippen LogP contribution in [-0.2, 0) is 4.79 Å². The Hall–Kier alpha value is -0.480. The molecule has 1 N–H and O–H groups in total. The van der Waals surface area contributed by atoms with Crippen LogP contribution in [0.2, 0.25) is 0 Å². The largest absolute Gasteiger partial charge is 0.508 e. The van der Waals surface area contributed by atoms with Gasteiger partial charge in [0.15, 0.2) is 0 Å². The van der Waals surface area contributed by atoms with Crippen LogP contribution in [0.25, 0.3) is 0 Å². The molecule has 0 spiro atoms. The maximum absolute atomic E-state index is 11.1. The summed E-state index contributed by atoms with van der Waals surface area (Å²) in [6.07, 6.45) is 1.95. The van der Waals surface area contributed by atoms with Gasteiger partial charge in [0.25, 0.3) is 0 Å². The van der Waals surface area contributed by atoms with E-state index in [1.807, 2.05) is 18.4 Å². The minimum atomic E-state index is -0.422. The number of halogens is 1. The Morgan fingerprint density at radius 1 is 1.57 bits per heavy atom. The van der Waals surface area contributed by atoms with Crippen LogP contribution < -0.4 is 0 Å². The van der Waals surface area contributed by atoms with Crippen LogP contribution in [0.1, 0.15) is 17.3 Å². The van der Waals surface area contributed by atoms with Crippen molar-refractivity contribution in [1.29, 1.82) is 0 Å². The fourth-order valence-corrected chi connectivity index (χ4v) is 1.90. The van der Waals surface area contributed by atoms with Crippen molar-refractivity contribution in [2.45, 2.75) is 16.6 Å². The van der Waals surface area contributed by atoms with Crippen LogP contribution in [0.3, 0.4) is 0 Å². The van der Waals surface area contributed by atoms with Crippen LogP contribution in [0.5, 0.6) is 5.75 Å². The lowest BCUT2D eigenvalue weighted by Crippen LogP contribution is -2.01. The standard InChI is InChI=1S/C10H11BrO2S/c1-6(12)10(11)8-5-7(14-2)3-4-9(8)13/h3-5,10,13H,1-2H3. The number of benzene rings is 1. The zero-order valence-electron chi connectivity index (χ0n) is 7.95. The molecule has 1 rings (SSSR count). The summed E-state index contributed by atoms with van der Waals surface area (Å²) < 4.78 is 0. The average molecular weight is 275 g/mol. The number of carbonyl (C=O) groups excluding carboxylic acids is 1. The van der Waals surface area contributed by atoms with Crippen molar-refractivity contribution in [3.8, 4) is 5.75 Å². The van der Waals surface area contributed by atoms with E-state index in [4.69, 9.17) is 0 Å². The van der Waals surface area contributed by atoms with Crippen molar-refractivity contribution >= 4 is 33.5 Å². The third kappa shape index (κ3) is 2.51. The Morgan fingerprint density at radius 2 is 2.21 bits per heavy atom. The SMILES string of the molecule is CSc1ccc(O)c(C(Br)C(C)=O)c1. The maximum Gasteiger partial charge on any atom is 0.147 e. The van der Waals surface area contributed by atoms with Gasteiger partial charge in [-0.3, -0.25) is 4.79 Å². The van der Waals surface area contributed by atoms with Gasteiger partial charge in [0.2, 0.25) is 0 Å². The second-order valence-corrected chi connectivity index (χ2v) is 4.69. The molecule has 2 nitrogen and oxygen atoms in total. The number of rotatable bonds is 3. The van der Waals surface area contributed by atoms with Crippen molar-refractivity contribution in [2.75, 3.05) is 6.26 Å². The van der Waals surface area contributed by atoms with Crippen molar-refractivity contribution in [1.82, 2.24) is 0 Å². The molecule has 0 fully saturated rings. The number of thioether (sulfide) groups is 1. The van der Waals surface area contributed by atoms with Gasteiger partial charge in [-0.1, -0.05) is 15.9 Å². The Bertz CT molecular complexity index is 352. The Kier molecular flexibility index (Phi) is 4.01. The summed E-state index contributed by atoms with van der Waals surface area (Å²) in [6, 6.07) is 5.25. The van der Waals surface area contributed by atoms with Crippen LogP contribution in [0.4, 0.5) is 0 Å². The van der Waals surface area contributed by atoms with Crippen LogP contribution in [0, 0.1) is 0 Å². The fraction of sp³-hybridized carbons (Fsp3) is 0.300. The summed E-state index contributed by atoms with van der Waals surface area (Å²) in [5, 5.41) is 9.56. The number of carbonyl (C=O) groups is 1. The van der Waals surface area contributed by atoms with E-state index >= 15 is 0 Å². The van der Waals surface area contributed by atoms with Crippen molar-refractivity contribution in [2.24, 2.45) is 0 Å². The highest BCUT2D eigenvalue weighted by atomic mass is 79.9. The number of hydrogen-bond acceptors (Lipinski definition) is 3. The molecular weight excluding hydrogens is 264 g/mol. The molecule has 0 aliphatic carbocycles. The summed E-state index contributed by atoms with van der Waals surface area (Å²) in [5.41, 5.74) is 0.629. The summed E-state index contributed by atoms with van der Waals surface area (Å²) in [7, 11) is 0. The lowest BCUT2D eigenvalue weighted by molar-refractivity contribution is -0.116. The van der Waals surface area contributed by atoms with Gasteiger partial charge in [-0.2, -0.15) is 0 Å². The molecule has 4 heteroatoms. The summed E-state index contributed by atoms with van der Waals surface area (Å²) in [4.78, 5) is 11.7. The van der Waals surface area contributed by atoms with Gasteiger partial charge in [0, 0.05) is 10.5 Å². The topological polar surface area (TPSA) is 37.3 Å². The van der Waals surface area contributed by atoms with Crippen molar-refractivity contribution in [3.05, 3.63) is 23.8 Å². The first kappa shape index (κ1) is 11.6. The maximum atomic E-state index is 11.1. The van der Waals surface area contributed by atoms with Gasteiger partial charge >= 0.3 is 0 Å². The smallest absolute Gasteiger partial charge is 0.147 e. The first-order valence-corrected chi connectivity index (χ1v) is 6.21. The van der Waals surface area contributed by atoms with Gasteiger partial charge in [-0.25, -0.2) is 0 Å². The van der Waals surface area contributed by atoms with Crippen LogP contribution in [0.15, 0.2) is 23.1 Å². The van der Waals surface area contributed by atoms with E-state index in [0.717, 1.165) is 4.90 Å². The van der Waals surface area contributed by atoms with E-state index in [0.29, 0.717) is 5.56 Å². The fourth-order valence-electron chi connectivity index (χ4n) is 1.08.